The molecule has 1 aliphatic heterocycles. The van der Waals surface area contributed by atoms with E-state index in [0.717, 1.165) is 12.3 Å². The van der Waals surface area contributed by atoms with Gasteiger partial charge in [0.2, 0.25) is 0 Å². The zero-order valence-electron chi connectivity index (χ0n) is 11.3. The SMILES string of the molecule is CN1CCC(CN(C)CC2C=CC(N)C2)CC1. The van der Waals surface area contributed by atoms with Gasteiger partial charge in [0.1, 0.15) is 0 Å². The van der Waals surface area contributed by atoms with Gasteiger partial charge in [0.05, 0.1) is 0 Å². The zero-order valence-corrected chi connectivity index (χ0v) is 11.3. The minimum Gasteiger partial charge on any atom is -0.324 e. The molecular weight excluding hydrogens is 210 g/mol. The molecule has 0 bridgehead atoms. The number of hydrogen-bond acceptors (Lipinski definition) is 3. The summed E-state index contributed by atoms with van der Waals surface area (Å²) in [5.41, 5.74) is 5.89. The Kier molecular flexibility index (Phi) is 4.60. The third kappa shape index (κ3) is 4.09. The van der Waals surface area contributed by atoms with E-state index in [2.05, 4.69) is 36.0 Å². The molecule has 2 unspecified atom stereocenters. The molecule has 0 aromatic heterocycles. The minimum absolute atomic E-state index is 0.303. The van der Waals surface area contributed by atoms with E-state index in [1.165, 1.54) is 39.0 Å². The summed E-state index contributed by atoms with van der Waals surface area (Å²) in [5.74, 6) is 1.58. The maximum atomic E-state index is 5.89. The lowest BCUT2D eigenvalue weighted by Crippen LogP contribution is -2.37. The second-order valence-electron chi connectivity index (χ2n) is 6.01. The Morgan fingerprint density at radius 2 is 1.94 bits per heavy atom. The van der Waals surface area contributed by atoms with Gasteiger partial charge < -0.3 is 15.5 Å². The highest BCUT2D eigenvalue weighted by atomic mass is 15.1. The average Bonchev–Trinajstić information content (AvgIpc) is 2.67. The number of rotatable bonds is 4. The normalized spacial score (nSPS) is 31.5. The summed E-state index contributed by atoms with van der Waals surface area (Å²) in [6.45, 7) is 4.98. The fraction of sp³-hybridized carbons (Fsp3) is 0.857. The fourth-order valence-electron chi connectivity index (χ4n) is 3.10. The van der Waals surface area contributed by atoms with Crippen LogP contribution in [0, 0.1) is 11.8 Å². The molecule has 2 rings (SSSR count). The van der Waals surface area contributed by atoms with E-state index in [1.54, 1.807) is 0 Å². The van der Waals surface area contributed by atoms with E-state index in [1.807, 2.05) is 0 Å². The van der Waals surface area contributed by atoms with E-state index in [4.69, 9.17) is 5.73 Å². The molecule has 1 saturated heterocycles. The molecule has 2 atom stereocenters. The molecule has 1 heterocycles. The first-order valence-electron chi connectivity index (χ1n) is 6.94. The maximum Gasteiger partial charge on any atom is 0.0229 e. The summed E-state index contributed by atoms with van der Waals surface area (Å²) < 4.78 is 0. The molecular formula is C14H27N3. The Labute approximate surface area is 106 Å². The van der Waals surface area contributed by atoms with Crippen molar-refractivity contribution in [3.8, 4) is 0 Å². The van der Waals surface area contributed by atoms with Crippen LogP contribution in [0.2, 0.25) is 0 Å². The van der Waals surface area contributed by atoms with Gasteiger partial charge in [0.15, 0.2) is 0 Å². The maximum absolute atomic E-state index is 5.89. The Bertz CT molecular complexity index is 256. The van der Waals surface area contributed by atoms with Crippen LogP contribution in [-0.4, -0.2) is 56.1 Å². The lowest BCUT2D eigenvalue weighted by atomic mass is 9.96. The molecule has 3 heteroatoms. The number of likely N-dealkylation sites (tertiary alicyclic amines) is 1. The first-order valence-corrected chi connectivity index (χ1v) is 6.94. The van der Waals surface area contributed by atoms with Gasteiger partial charge in [-0.1, -0.05) is 12.2 Å². The first kappa shape index (κ1) is 13.1. The molecule has 2 aliphatic rings. The topological polar surface area (TPSA) is 32.5 Å². The summed E-state index contributed by atoms with van der Waals surface area (Å²) in [5, 5.41) is 0. The molecule has 0 aromatic carbocycles. The van der Waals surface area contributed by atoms with E-state index in [9.17, 15) is 0 Å². The van der Waals surface area contributed by atoms with Crippen molar-refractivity contribution >= 4 is 0 Å². The molecule has 2 N–H and O–H groups in total. The van der Waals surface area contributed by atoms with Crippen molar-refractivity contribution in [2.45, 2.75) is 25.3 Å². The van der Waals surface area contributed by atoms with E-state index in [-0.39, 0.29) is 0 Å². The molecule has 0 spiro atoms. The quantitative estimate of drug-likeness (QED) is 0.745. The molecule has 3 nitrogen and oxygen atoms in total. The van der Waals surface area contributed by atoms with Gasteiger partial charge in [-0.25, -0.2) is 0 Å². The van der Waals surface area contributed by atoms with Crippen LogP contribution < -0.4 is 5.73 Å². The Morgan fingerprint density at radius 1 is 1.24 bits per heavy atom. The second-order valence-corrected chi connectivity index (χ2v) is 6.01. The third-order valence-electron chi connectivity index (χ3n) is 4.16. The standard InChI is InChI=1S/C14H27N3/c1-16-7-5-12(6-8-16)10-17(2)11-13-3-4-14(15)9-13/h3-4,12-14H,5-11,15H2,1-2H3. The highest BCUT2D eigenvalue weighted by molar-refractivity contribution is 5.05. The lowest BCUT2D eigenvalue weighted by molar-refractivity contribution is 0.169. The molecule has 98 valence electrons. The summed E-state index contributed by atoms with van der Waals surface area (Å²) in [7, 11) is 4.49. The summed E-state index contributed by atoms with van der Waals surface area (Å²) in [6.07, 6.45) is 8.32. The Hall–Kier alpha value is -0.380. The smallest absolute Gasteiger partial charge is 0.0229 e. The number of nitrogens with zero attached hydrogens (tertiary/aromatic N) is 2. The number of piperidine rings is 1. The lowest BCUT2D eigenvalue weighted by Gasteiger charge is -2.32. The van der Waals surface area contributed by atoms with E-state index < -0.39 is 0 Å². The summed E-state index contributed by atoms with van der Waals surface area (Å²) in [4.78, 5) is 4.94. The fourth-order valence-corrected chi connectivity index (χ4v) is 3.10. The molecule has 1 fully saturated rings. The van der Waals surface area contributed by atoms with Gasteiger partial charge in [0, 0.05) is 19.1 Å². The van der Waals surface area contributed by atoms with Crippen LogP contribution in [0.5, 0.6) is 0 Å². The minimum atomic E-state index is 0.303. The Balaban J connectivity index is 1.67. The van der Waals surface area contributed by atoms with Crippen molar-refractivity contribution in [1.29, 1.82) is 0 Å². The van der Waals surface area contributed by atoms with Crippen molar-refractivity contribution in [3.63, 3.8) is 0 Å². The van der Waals surface area contributed by atoms with Gasteiger partial charge in [-0.3, -0.25) is 0 Å². The van der Waals surface area contributed by atoms with Gasteiger partial charge in [-0.2, -0.15) is 0 Å². The highest BCUT2D eigenvalue weighted by Gasteiger charge is 2.21. The van der Waals surface area contributed by atoms with Crippen molar-refractivity contribution in [1.82, 2.24) is 9.80 Å². The van der Waals surface area contributed by atoms with E-state index >= 15 is 0 Å². The second kappa shape index (κ2) is 5.98. The van der Waals surface area contributed by atoms with E-state index in [0.29, 0.717) is 12.0 Å². The van der Waals surface area contributed by atoms with Crippen molar-refractivity contribution in [2.24, 2.45) is 17.6 Å². The molecule has 17 heavy (non-hydrogen) atoms. The Morgan fingerprint density at radius 3 is 2.53 bits per heavy atom. The molecule has 1 aliphatic carbocycles. The first-order chi connectivity index (χ1) is 8.13. The van der Waals surface area contributed by atoms with Crippen molar-refractivity contribution in [3.05, 3.63) is 12.2 Å². The molecule has 0 radical (unpaired) electrons. The van der Waals surface area contributed by atoms with Crippen LogP contribution in [0.1, 0.15) is 19.3 Å². The van der Waals surface area contributed by atoms with Crippen molar-refractivity contribution < 1.29 is 0 Å². The highest BCUT2D eigenvalue weighted by Crippen LogP contribution is 2.20. The third-order valence-corrected chi connectivity index (χ3v) is 4.16. The predicted octanol–water partition coefficient (Wildman–Crippen LogP) is 1.16. The molecule has 0 aromatic rings. The summed E-state index contributed by atoms with van der Waals surface area (Å²) >= 11 is 0. The average molecular weight is 237 g/mol. The van der Waals surface area contributed by atoms with Crippen LogP contribution in [0.4, 0.5) is 0 Å². The van der Waals surface area contributed by atoms with Gasteiger partial charge in [-0.05, 0) is 58.3 Å². The van der Waals surface area contributed by atoms with Crippen LogP contribution in [0.25, 0.3) is 0 Å². The summed E-state index contributed by atoms with van der Waals surface area (Å²) in [6, 6.07) is 0.303. The largest absolute Gasteiger partial charge is 0.324 e. The number of nitrogens with two attached hydrogens (primary N) is 1. The van der Waals surface area contributed by atoms with Crippen LogP contribution >= 0.6 is 0 Å². The van der Waals surface area contributed by atoms with Gasteiger partial charge in [-0.15, -0.1) is 0 Å². The van der Waals surface area contributed by atoms with Crippen LogP contribution in [-0.2, 0) is 0 Å². The van der Waals surface area contributed by atoms with Gasteiger partial charge >= 0.3 is 0 Å². The molecule has 0 saturated carbocycles. The predicted molar refractivity (Wildman–Crippen MR) is 72.9 cm³/mol. The van der Waals surface area contributed by atoms with Crippen LogP contribution in [0.3, 0.4) is 0 Å². The zero-order chi connectivity index (χ0) is 12.3. The van der Waals surface area contributed by atoms with Gasteiger partial charge in [0.25, 0.3) is 0 Å². The van der Waals surface area contributed by atoms with Crippen molar-refractivity contribution in [2.75, 3.05) is 40.3 Å². The van der Waals surface area contributed by atoms with Crippen LogP contribution in [0.15, 0.2) is 12.2 Å². The number of hydrogen-bond donors (Lipinski definition) is 1. The molecule has 0 amide bonds. The monoisotopic (exact) mass is 237 g/mol.